The van der Waals surface area contributed by atoms with Crippen molar-refractivity contribution < 1.29 is 0 Å². The minimum absolute atomic E-state index is 0.468. The van der Waals surface area contributed by atoms with Gasteiger partial charge in [0.2, 0.25) is 0 Å². The summed E-state index contributed by atoms with van der Waals surface area (Å²) in [6, 6.07) is 88.9. The van der Waals surface area contributed by atoms with Crippen molar-refractivity contribution in [2.45, 2.75) is 5.41 Å². The molecular weight excluding hydrogens is 737 g/mol. The molecule has 2 aliphatic rings. The van der Waals surface area contributed by atoms with E-state index < -0.39 is 5.41 Å². The molecule has 0 saturated carbocycles. The molecule has 0 fully saturated rings. The molecule has 2 aliphatic carbocycles. The highest BCUT2D eigenvalue weighted by molar-refractivity contribution is 5.98. The third-order valence-corrected chi connectivity index (χ3v) is 12.8. The normalized spacial score (nSPS) is 14.3. The number of benzene rings is 10. The van der Waals surface area contributed by atoms with Gasteiger partial charge in [0.25, 0.3) is 0 Å². The van der Waals surface area contributed by atoms with Crippen molar-refractivity contribution in [1.82, 2.24) is 0 Å². The number of hydrogen-bond acceptors (Lipinski definition) is 2. The lowest BCUT2D eigenvalue weighted by atomic mass is 9.70. The third-order valence-electron chi connectivity index (χ3n) is 12.8. The lowest BCUT2D eigenvalue weighted by Crippen LogP contribution is -2.26. The Morgan fingerprint density at radius 3 is 1.18 bits per heavy atom. The lowest BCUT2D eigenvalue weighted by molar-refractivity contribution is 0.793. The van der Waals surface area contributed by atoms with Crippen LogP contribution >= 0.6 is 0 Å². The summed E-state index contributed by atoms with van der Waals surface area (Å²) < 4.78 is 0. The molecule has 10 aromatic rings. The number of nitrogens with zero attached hydrogens (tertiary/aromatic N) is 2. The van der Waals surface area contributed by atoms with Gasteiger partial charge in [-0.2, -0.15) is 0 Å². The van der Waals surface area contributed by atoms with Gasteiger partial charge in [-0.15, -0.1) is 0 Å². The first kappa shape index (κ1) is 35.0. The van der Waals surface area contributed by atoms with E-state index >= 15 is 0 Å². The van der Waals surface area contributed by atoms with Crippen LogP contribution in [0, 0.1) is 0 Å². The summed E-state index contributed by atoms with van der Waals surface area (Å²) in [6.07, 6.45) is 0. The summed E-state index contributed by atoms with van der Waals surface area (Å²) >= 11 is 0. The minimum Gasteiger partial charge on any atom is -0.310 e. The molecule has 2 heteroatoms. The summed E-state index contributed by atoms with van der Waals surface area (Å²) in [6.45, 7) is 0. The lowest BCUT2D eigenvalue weighted by Gasteiger charge is -2.32. The summed E-state index contributed by atoms with van der Waals surface area (Å²) in [5, 5.41) is 2.46. The van der Waals surface area contributed by atoms with Crippen LogP contribution in [-0.2, 0) is 5.41 Å². The number of fused-ring (bicyclic) bond motifs is 11. The van der Waals surface area contributed by atoms with Gasteiger partial charge in [-0.1, -0.05) is 170 Å². The molecule has 0 aliphatic heterocycles. The third kappa shape index (κ3) is 5.50. The van der Waals surface area contributed by atoms with E-state index in [1.54, 1.807) is 0 Å². The molecule has 0 bridgehead atoms. The molecule has 0 saturated heterocycles. The largest absolute Gasteiger partial charge is 0.310 e. The molecule has 1 spiro atoms. The molecule has 1 unspecified atom stereocenters. The summed E-state index contributed by atoms with van der Waals surface area (Å²) in [5.74, 6) is 0. The van der Waals surface area contributed by atoms with Gasteiger partial charge in [0.05, 0.1) is 5.41 Å². The van der Waals surface area contributed by atoms with Crippen LogP contribution in [-0.4, -0.2) is 0 Å². The maximum atomic E-state index is 2.43. The monoisotopic (exact) mass is 776 g/mol. The molecule has 0 aromatic heterocycles. The molecule has 0 N–H and O–H groups in total. The first-order chi connectivity index (χ1) is 30.3. The smallest absolute Gasteiger partial charge is 0.0725 e. The maximum Gasteiger partial charge on any atom is 0.0725 e. The zero-order valence-electron chi connectivity index (χ0n) is 33.5. The van der Waals surface area contributed by atoms with Crippen LogP contribution in [0.15, 0.2) is 243 Å². The van der Waals surface area contributed by atoms with E-state index in [1.807, 2.05) is 0 Å². The Bertz CT molecular complexity index is 3250. The summed E-state index contributed by atoms with van der Waals surface area (Å²) in [4.78, 5) is 4.78. The van der Waals surface area contributed by atoms with Gasteiger partial charge in [0.15, 0.2) is 0 Å². The maximum absolute atomic E-state index is 2.43. The van der Waals surface area contributed by atoms with Gasteiger partial charge in [0, 0.05) is 34.1 Å². The first-order valence-electron chi connectivity index (χ1n) is 21.1. The second-order valence-corrected chi connectivity index (χ2v) is 16.1. The van der Waals surface area contributed by atoms with Gasteiger partial charge < -0.3 is 9.80 Å². The summed E-state index contributed by atoms with van der Waals surface area (Å²) in [7, 11) is 0. The van der Waals surface area contributed by atoms with Crippen LogP contribution in [0.4, 0.5) is 34.1 Å². The topological polar surface area (TPSA) is 6.48 Å². The van der Waals surface area contributed by atoms with Crippen LogP contribution in [0.2, 0.25) is 0 Å². The number of para-hydroxylation sites is 2. The van der Waals surface area contributed by atoms with E-state index in [1.165, 1.54) is 66.4 Å². The van der Waals surface area contributed by atoms with Crippen molar-refractivity contribution in [2.24, 2.45) is 0 Å². The number of anilines is 6. The fraction of sp³-hybridized carbons (Fsp3) is 0.0169. The first-order valence-corrected chi connectivity index (χ1v) is 21.1. The number of hydrogen-bond donors (Lipinski definition) is 0. The van der Waals surface area contributed by atoms with Crippen molar-refractivity contribution >= 4 is 44.9 Å². The molecule has 0 radical (unpaired) electrons. The second-order valence-electron chi connectivity index (χ2n) is 16.1. The highest BCUT2D eigenvalue weighted by Crippen LogP contribution is 2.64. The van der Waals surface area contributed by atoms with Crippen LogP contribution in [0.25, 0.3) is 44.2 Å². The Hall–Kier alpha value is -7.94. The molecule has 2 nitrogen and oxygen atoms in total. The minimum atomic E-state index is -0.468. The van der Waals surface area contributed by atoms with Gasteiger partial charge in [-0.3, -0.25) is 0 Å². The SMILES string of the molecule is c1ccc(-c2ccc(N(c3ccccc3)c3ccc4c(c3)-c3ccccc3C43c4ccccc4-c4cc(N(c5ccccc5)c5ccc6ccccc6c5)ccc43)cc2)cc1. The van der Waals surface area contributed by atoms with E-state index in [4.69, 9.17) is 0 Å². The van der Waals surface area contributed by atoms with Gasteiger partial charge >= 0.3 is 0 Å². The molecule has 0 amide bonds. The fourth-order valence-corrected chi connectivity index (χ4v) is 10.2. The van der Waals surface area contributed by atoms with E-state index in [0.717, 1.165) is 34.1 Å². The van der Waals surface area contributed by atoms with Crippen LogP contribution in [0.5, 0.6) is 0 Å². The molecule has 10 aromatic carbocycles. The molecule has 1 atom stereocenters. The second kappa shape index (κ2) is 14.1. The van der Waals surface area contributed by atoms with Gasteiger partial charge in [-0.05, 0) is 139 Å². The molecule has 61 heavy (non-hydrogen) atoms. The van der Waals surface area contributed by atoms with E-state index in [2.05, 4.69) is 252 Å². The highest BCUT2D eigenvalue weighted by atomic mass is 15.1. The van der Waals surface area contributed by atoms with Crippen molar-refractivity contribution in [1.29, 1.82) is 0 Å². The zero-order valence-corrected chi connectivity index (χ0v) is 33.5. The molecule has 12 rings (SSSR count). The van der Waals surface area contributed by atoms with Crippen molar-refractivity contribution in [3.8, 4) is 33.4 Å². The average Bonchev–Trinajstić information content (AvgIpc) is 3.79. The van der Waals surface area contributed by atoms with Crippen LogP contribution in [0.3, 0.4) is 0 Å². The van der Waals surface area contributed by atoms with Gasteiger partial charge in [-0.25, -0.2) is 0 Å². The fourth-order valence-electron chi connectivity index (χ4n) is 10.2. The molecule has 0 heterocycles. The Morgan fingerprint density at radius 2 is 0.607 bits per heavy atom. The van der Waals surface area contributed by atoms with Crippen LogP contribution in [0.1, 0.15) is 22.3 Å². The highest BCUT2D eigenvalue weighted by Gasteiger charge is 2.51. The Labute approximate surface area is 356 Å². The molecule has 286 valence electrons. The predicted octanol–water partition coefficient (Wildman–Crippen LogP) is 15.8. The zero-order chi connectivity index (χ0) is 40.3. The standard InChI is InChI=1S/C59H40N2/c1-4-16-41(17-5-1)43-28-31-47(32-29-43)60(45-20-6-2-7-21-45)49-34-36-57-53(39-49)51-24-12-14-26-55(51)59(57)56-27-15-13-25-52(56)54-40-50(35-37-58(54)59)61(46-22-8-3-9-23-46)48-33-30-42-18-10-11-19-44(42)38-48/h1-40H. The Balaban J connectivity index is 1.03. The van der Waals surface area contributed by atoms with Crippen LogP contribution < -0.4 is 9.80 Å². The Morgan fingerprint density at radius 1 is 0.230 bits per heavy atom. The van der Waals surface area contributed by atoms with Crippen molar-refractivity contribution in [3.63, 3.8) is 0 Å². The summed E-state index contributed by atoms with van der Waals surface area (Å²) in [5.41, 5.74) is 19.1. The van der Waals surface area contributed by atoms with Gasteiger partial charge in [0.1, 0.15) is 0 Å². The van der Waals surface area contributed by atoms with E-state index in [9.17, 15) is 0 Å². The average molecular weight is 777 g/mol. The Kier molecular flexibility index (Phi) is 8.11. The molecular formula is C59H40N2. The van der Waals surface area contributed by atoms with E-state index in [0.29, 0.717) is 0 Å². The van der Waals surface area contributed by atoms with Crippen molar-refractivity contribution in [2.75, 3.05) is 9.80 Å². The quantitative estimate of drug-likeness (QED) is 0.159. The van der Waals surface area contributed by atoms with E-state index in [-0.39, 0.29) is 0 Å². The predicted molar refractivity (Wildman–Crippen MR) is 255 cm³/mol. The number of rotatable bonds is 7. The van der Waals surface area contributed by atoms with Crippen molar-refractivity contribution in [3.05, 3.63) is 265 Å².